The molecule has 0 saturated heterocycles. The lowest BCUT2D eigenvalue weighted by molar-refractivity contribution is -0.192. The van der Waals surface area contributed by atoms with Crippen LogP contribution in [0.4, 0.5) is 18.0 Å². The number of rotatable bonds is 7. The Morgan fingerprint density at radius 3 is 2.10 bits per heavy atom. The first-order valence-corrected chi connectivity index (χ1v) is 9.11. The zero-order valence-corrected chi connectivity index (χ0v) is 17.1. The molecule has 11 heteroatoms. The number of nitrogens with two attached hydrogens (primary N) is 1. The van der Waals surface area contributed by atoms with Gasteiger partial charge in [-0.15, -0.1) is 0 Å². The van der Waals surface area contributed by atoms with Gasteiger partial charge in [0, 0.05) is 12.1 Å². The number of amides is 2. The van der Waals surface area contributed by atoms with Gasteiger partial charge in [-0.3, -0.25) is 4.79 Å². The number of hydrogen-bond acceptors (Lipinski definition) is 5. The molecule has 0 heterocycles. The van der Waals surface area contributed by atoms with Crippen LogP contribution in [0.15, 0.2) is 30.3 Å². The van der Waals surface area contributed by atoms with E-state index < -0.39 is 30.0 Å². The molecular formula is C19H28F3N3O5. The molecule has 30 heavy (non-hydrogen) atoms. The van der Waals surface area contributed by atoms with Crippen LogP contribution in [0.5, 0.6) is 0 Å². The number of alkyl carbamates (subject to hydrolysis) is 1. The molecule has 8 nitrogen and oxygen atoms in total. The highest BCUT2D eigenvalue weighted by Gasteiger charge is 2.38. The second-order valence-electron chi connectivity index (χ2n) is 7.17. The topological polar surface area (TPSA) is 131 Å². The Labute approximate surface area is 173 Å². The third kappa shape index (κ3) is 14.2. The van der Waals surface area contributed by atoms with E-state index in [1.807, 2.05) is 39.0 Å². The van der Waals surface area contributed by atoms with Crippen LogP contribution in [0.25, 0.3) is 0 Å². The van der Waals surface area contributed by atoms with Crippen molar-refractivity contribution in [1.82, 2.24) is 10.6 Å². The van der Waals surface area contributed by atoms with Gasteiger partial charge in [0.15, 0.2) is 0 Å². The number of halogens is 3. The number of ether oxygens (including phenoxy) is 1. The fourth-order valence-electron chi connectivity index (χ4n) is 1.91. The van der Waals surface area contributed by atoms with E-state index in [0.717, 1.165) is 12.8 Å². The smallest absolute Gasteiger partial charge is 0.475 e. The van der Waals surface area contributed by atoms with Gasteiger partial charge in [0.05, 0.1) is 6.17 Å². The normalized spacial score (nSPS) is 12.1. The summed E-state index contributed by atoms with van der Waals surface area (Å²) in [5.41, 5.74) is 5.99. The molecule has 5 N–H and O–H groups in total. The summed E-state index contributed by atoms with van der Waals surface area (Å²) in [7, 11) is 0. The van der Waals surface area contributed by atoms with E-state index in [1.54, 1.807) is 12.1 Å². The molecule has 0 saturated carbocycles. The minimum atomic E-state index is -5.08. The Morgan fingerprint density at radius 1 is 1.10 bits per heavy atom. The molecule has 0 aromatic heterocycles. The molecule has 1 unspecified atom stereocenters. The van der Waals surface area contributed by atoms with Crippen LogP contribution in [-0.4, -0.2) is 47.6 Å². The first-order chi connectivity index (χ1) is 13.7. The zero-order chi connectivity index (χ0) is 23.4. The van der Waals surface area contributed by atoms with E-state index in [-0.39, 0.29) is 5.91 Å². The summed E-state index contributed by atoms with van der Waals surface area (Å²) in [5, 5.41) is 12.6. The van der Waals surface area contributed by atoms with Crippen LogP contribution in [0.2, 0.25) is 0 Å². The Kier molecular flexibility index (Phi) is 11.5. The van der Waals surface area contributed by atoms with Crippen molar-refractivity contribution in [2.45, 2.75) is 58.0 Å². The second-order valence-corrected chi connectivity index (χ2v) is 7.17. The van der Waals surface area contributed by atoms with Gasteiger partial charge in [0.25, 0.3) is 5.91 Å². The number of nitrogens with one attached hydrogen (secondary N) is 2. The number of carbonyl (C=O) groups excluding carboxylic acids is 2. The summed E-state index contributed by atoms with van der Waals surface area (Å²) in [6.07, 6.45) is -3.68. The van der Waals surface area contributed by atoms with Crippen molar-refractivity contribution in [2.24, 2.45) is 5.73 Å². The summed E-state index contributed by atoms with van der Waals surface area (Å²) in [5.74, 6) is -2.93. The minimum absolute atomic E-state index is 0.176. The molecule has 2 amide bonds. The van der Waals surface area contributed by atoms with E-state index in [4.69, 9.17) is 20.4 Å². The molecule has 0 fully saturated rings. The highest BCUT2D eigenvalue weighted by atomic mass is 19.4. The van der Waals surface area contributed by atoms with Crippen molar-refractivity contribution in [3.05, 3.63) is 35.9 Å². The summed E-state index contributed by atoms with van der Waals surface area (Å²) in [6.45, 7) is 5.98. The lowest BCUT2D eigenvalue weighted by atomic mass is 10.2. The number of carbonyl (C=O) groups is 3. The molecule has 0 spiro atoms. The molecule has 1 rings (SSSR count). The SMILES string of the molecule is CC(C)(C)OC(=O)NCCCCC(N)NC(=O)c1ccccc1.O=C(O)C(F)(F)F. The Hall–Kier alpha value is -2.82. The maximum Gasteiger partial charge on any atom is 0.490 e. The highest BCUT2D eigenvalue weighted by molar-refractivity contribution is 5.94. The van der Waals surface area contributed by atoms with Gasteiger partial charge in [0.1, 0.15) is 5.60 Å². The van der Waals surface area contributed by atoms with E-state index in [9.17, 15) is 22.8 Å². The minimum Gasteiger partial charge on any atom is -0.475 e. The van der Waals surface area contributed by atoms with Gasteiger partial charge < -0.3 is 26.2 Å². The summed E-state index contributed by atoms with van der Waals surface area (Å²) in [6, 6.07) is 8.96. The van der Waals surface area contributed by atoms with Crippen molar-refractivity contribution in [1.29, 1.82) is 0 Å². The monoisotopic (exact) mass is 435 g/mol. The van der Waals surface area contributed by atoms with Gasteiger partial charge in [0.2, 0.25) is 0 Å². The van der Waals surface area contributed by atoms with Crippen LogP contribution in [0.1, 0.15) is 50.4 Å². The van der Waals surface area contributed by atoms with Crippen molar-refractivity contribution in [3.8, 4) is 0 Å². The van der Waals surface area contributed by atoms with Gasteiger partial charge >= 0.3 is 18.2 Å². The molecule has 0 aliphatic carbocycles. The second kappa shape index (κ2) is 12.7. The van der Waals surface area contributed by atoms with Crippen LogP contribution in [-0.2, 0) is 9.53 Å². The Bertz CT molecular complexity index is 676. The summed E-state index contributed by atoms with van der Waals surface area (Å²) in [4.78, 5) is 32.2. The van der Waals surface area contributed by atoms with Gasteiger partial charge in [-0.25, -0.2) is 9.59 Å². The number of benzene rings is 1. The van der Waals surface area contributed by atoms with E-state index in [0.29, 0.717) is 18.5 Å². The molecule has 0 radical (unpaired) electrons. The van der Waals surface area contributed by atoms with Crippen LogP contribution in [0, 0.1) is 0 Å². The lowest BCUT2D eigenvalue weighted by Crippen LogP contribution is -2.41. The predicted molar refractivity (Wildman–Crippen MR) is 104 cm³/mol. The predicted octanol–water partition coefficient (Wildman–Crippen LogP) is 3.03. The third-order valence-electron chi connectivity index (χ3n) is 3.21. The Morgan fingerprint density at radius 2 is 1.63 bits per heavy atom. The van der Waals surface area contributed by atoms with E-state index in [2.05, 4.69) is 10.6 Å². The number of carboxylic acids is 1. The first kappa shape index (κ1) is 27.2. The van der Waals surface area contributed by atoms with Gasteiger partial charge in [-0.1, -0.05) is 18.2 Å². The molecule has 1 aromatic rings. The summed E-state index contributed by atoms with van der Waals surface area (Å²) >= 11 is 0. The average molecular weight is 435 g/mol. The van der Waals surface area contributed by atoms with E-state index >= 15 is 0 Å². The van der Waals surface area contributed by atoms with Crippen molar-refractivity contribution in [2.75, 3.05) is 6.54 Å². The van der Waals surface area contributed by atoms with Gasteiger partial charge in [-0.05, 0) is 52.2 Å². The third-order valence-corrected chi connectivity index (χ3v) is 3.21. The fraction of sp³-hybridized carbons (Fsp3) is 0.526. The lowest BCUT2D eigenvalue weighted by Gasteiger charge is -2.19. The van der Waals surface area contributed by atoms with E-state index in [1.165, 1.54) is 0 Å². The molecular weight excluding hydrogens is 407 g/mol. The molecule has 0 aliphatic heterocycles. The van der Waals surface area contributed by atoms with Crippen LogP contribution >= 0.6 is 0 Å². The van der Waals surface area contributed by atoms with Crippen LogP contribution in [0.3, 0.4) is 0 Å². The highest BCUT2D eigenvalue weighted by Crippen LogP contribution is 2.13. The molecule has 1 atom stereocenters. The van der Waals surface area contributed by atoms with Gasteiger partial charge in [-0.2, -0.15) is 13.2 Å². The van der Waals surface area contributed by atoms with Crippen LogP contribution < -0.4 is 16.4 Å². The zero-order valence-electron chi connectivity index (χ0n) is 17.1. The number of aliphatic carboxylic acids is 1. The van der Waals surface area contributed by atoms with Crippen molar-refractivity contribution >= 4 is 18.0 Å². The first-order valence-electron chi connectivity index (χ1n) is 9.11. The molecule has 1 aromatic carbocycles. The molecule has 0 bridgehead atoms. The average Bonchev–Trinajstić information content (AvgIpc) is 2.60. The Balaban J connectivity index is 0.00000103. The number of carboxylic acid groups (broad SMARTS) is 1. The quantitative estimate of drug-likeness (QED) is 0.385. The number of hydrogen-bond donors (Lipinski definition) is 4. The molecule has 0 aliphatic rings. The molecule has 170 valence electrons. The standard InChI is InChI=1S/C17H27N3O3.C2HF3O2/c1-17(2,3)23-16(22)19-12-8-7-11-14(18)20-15(21)13-9-5-4-6-10-13;3-2(4,5)1(6)7/h4-6,9-10,14H,7-8,11-12,18H2,1-3H3,(H,19,22)(H,20,21);(H,6,7). The van der Waals surface area contributed by atoms with Crippen molar-refractivity contribution in [3.63, 3.8) is 0 Å². The fourth-order valence-corrected chi connectivity index (χ4v) is 1.91. The maximum absolute atomic E-state index is 11.9. The number of unbranched alkanes of at least 4 members (excludes halogenated alkanes) is 1. The largest absolute Gasteiger partial charge is 0.490 e. The maximum atomic E-state index is 11.9. The van der Waals surface area contributed by atoms with Crippen molar-refractivity contribution < 1.29 is 37.4 Å². The number of alkyl halides is 3. The summed E-state index contributed by atoms with van der Waals surface area (Å²) < 4.78 is 36.9.